The van der Waals surface area contributed by atoms with Gasteiger partial charge in [0, 0.05) is 18.2 Å². The summed E-state index contributed by atoms with van der Waals surface area (Å²) in [5.41, 5.74) is 0.206. The van der Waals surface area contributed by atoms with E-state index in [0.29, 0.717) is 12.3 Å². The molecule has 110 valence electrons. The van der Waals surface area contributed by atoms with Crippen molar-refractivity contribution in [1.82, 2.24) is 10.3 Å². The van der Waals surface area contributed by atoms with Gasteiger partial charge in [-0.2, -0.15) is 5.26 Å². The van der Waals surface area contributed by atoms with Gasteiger partial charge in [0.25, 0.3) is 0 Å². The third kappa shape index (κ3) is 5.43. The van der Waals surface area contributed by atoms with Crippen LogP contribution in [0.5, 0.6) is 11.6 Å². The molecule has 0 saturated carbocycles. The number of methoxy groups -OCH3 is 1. The van der Waals surface area contributed by atoms with Gasteiger partial charge in [0.2, 0.25) is 5.88 Å². The van der Waals surface area contributed by atoms with E-state index in [-0.39, 0.29) is 23.6 Å². The third-order valence-corrected chi connectivity index (χ3v) is 2.46. The van der Waals surface area contributed by atoms with Gasteiger partial charge in [-0.1, -0.05) is 0 Å². The molecular weight excluding hydrogens is 258 g/mol. The zero-order chi connectivity index (χ0) is 15.2. The zero-order valence-corrected chi connectivity index (χ0v) is 12.3. The Labute approximate surface area is 119 Å². The van der Waals surface area contributed by atoms with Gasteiger partial charge in [-0.25, -0.2) is 4.98 Å². The summed E-state index contributed by atoms with van der Waals surface area (Å²) in [6.45, 7) is 6.51. The van der Waals surface area contributed by atoms with Crippen molar-refractivity contribution in [3.63, 3.8) is 0 Å². The second-order valence-electron chi connectivity index (χ2n) is 5.44. The lowest BCUT2D eigenvalue weighted by atomic mass is 10.1. The number of nitrogens with one attached hydrogen (secondary N) is 1. The van der Waals surface area contributed by atoms with Crippen LogP contribution in [0.4, 0.5) is 0 Å². The lowest BCUT2D eigenvalue weighted by molar-refractivity contribution is 0.0975. The van der Waals surface area contributed by atoms with Gasteiger partial charge in [0.05, 0.1) is 13.3 Å². The van der Waals surface area contributed by atoms with Crippen LogP contribution < -0.4 is 14.8 Å². The Kier molecular flexibility index (Phi) is 5.74. The monoisotopic (exact) mass is 279 g/mol. The minimum atomic E-state index is -0.676. The molecule has 0 saturated heterocycles. The molecule has 2 N–H and O–H groups in total. The Morgan fingerprint density at radius 3 is 2.75 bits per heavy atom. The van der Waals surface area contributed by atoms with Gasteiger partial charge >= 0.3 is 0 Å². The SMILES string of the molecule is COc1cnc(OC[C@@H](O)CNC(C)(C)C)c(C#N)c1. The van der Waals surface area contributed by atoms with Crippen LogP contribution in [-0.2, 0) is 0 Å². The summed E-state index contributed by atoms with van der Waals surface area (Å²) in [6.07, 6.45) is 0.792. The quantitative estimate of drug-likeness (QED) is 0.810. The van der Waals surface area contributed by atoms with Gasteiger partial charge in [-0.05, 0) is 20.8 Å². The van der Waals surface area contributed by atoms with Crippen molar-refractivity contribution >= 4 is 0 Å². The first-order valence-corrected chi connectivity index (χ1v) is 6.35. The number of nitriles is 1. The number of β-amino-alcohol motifs (C(OH)–C–C–N with tert-alkyl or cyclic N) is 1. The molecule has 0 aliphatic heterocycles. The van der Waals surface area contributed by atoms with E-state index >= 15 is 0 Å². The van der Waals surface area contributed by atoms with Gasteiger partial charge in [-0.3, -0.25) is 0 Å². The van der Waals surface area contributed by atoms with E-state index in [1.807, 2.05) is 26.8 Å². The molecule has 1 heterocycles. The number of rotatable bonds is 6. The molecule has 1 rings (SSSR count). The molecule has 0 radical (unpaired) electrons. The maximum absolute atomic E-state index is 9.82. The summed E-state index contributed by atoms with van der Waals surface area (Å²) in [4.78, 5) is 4.00. The van der Waals surface area contributed by atoms with E-state index in [2.05, 4.69) is 10.3 Å². The summed E-state index contributed by atoms with van der Waals surface area (Å²) >= 11 is 0. The largest absolute Gasteiger partial charge is 0.495 e. The molecule has 0 fully saturated rings. The lowest BCUT2D eigenvalue weighted by Gasteiger charge is -2.22. The van der Waals surface area contributed by atoms with Crippen molar-refractivity contribution in [3.05, 3.63) is 17.8 Å². The van der Waals surface area contributed by atoms with Crippen molar-refractivity contribution in [2.45, 2.75) is 32.4 Å². The lowest BCUT2D eigenvalue weighted by Crippen LogP contribution is -2.42. The summed E-state index contributed by atoms with van der Waals surface area (Å²) in [6, 6.07) is 3.53. The maximum atomic E-state index is 9.82. The predicted molar refractivity (Wildman–Crippen MR) is 74.8 cm³/mol. The minimum absolute atomic E-state index is 0.0666. The van der Waals surface area contributed by atoms with E-state index in [1.54, 1.807) is 6.07 Å². The number of aliphatic hydroxyl groups excluding tert-OH is 1. The molecule has 0 aliphatic carbocycles. The summed E-state index contributed by atoms with van der Waals surface area (Å²) in [7, 11) is 1.50. The first kappa shape index (κ1) is 16.2. The molecule has 0 amide bonds. The molecule has 20 heavy (non-hydrogen) atoms. The van der Waals surface area contributed by atoms with Crippen molar-refractivity contribution in [2.75, 3.05) is 20.3 Å². The molecular formula is C14H21N3O3. The number of ether oxygens (including phenoxy) is 2. The Morgan fingerprint density at radius 2 is 2.20 bits per heavy atom. The normalized spacial score (nSPS) is 12.6. The van der Waals surface area contributed by atoms with Crippen LogP contribution in [0.1, 0.15) is 26.3 Å². The summed E-state index contributed by atoms with van der Waals surface area (Å²) in [5, 5.41) is 22.0. The molecule has 0 unspecified atom stereocenters. The Hall–Kier alpha value is -1.84. The number of aliphatic hydroxyl groups is 1. The molecule has 0 bridgehead atoms. The minimum Gasteiger partial charge on any atom is -0.495 e. The van der Waals surface area contributed by atoms with Crippen LogP contribution in [0.25, 0.3) is 0 Å². The fraction of sp³-hybridized carbons (Fsp3) is 0.571. The molecule has 0 spiro atoms. The molecule has 6 nitrogen and oxygen atoms in total. The average molecular weight is 279 g/mol. The van der Waals surface area contributed by atoms with E-state index < -0.39 is 6.10 Å². The highest BCUT2D eigenvalue weighted by Gasteiger charge is 2.14. The van der Waals surface area contributed by atoms with Crippen LogP contribution in [0.15, 0.2) is 12.3 Å². The van der Waals surface area contributed by atoms with Crippen molar-refractivity contribution < 1.29 is 14.6 Å². The van der Waals surface area contributed by atoms with Crippen LogP contribution in [0.3, 0.4) is 0 Å². The van der Waals surface area contributed by atoms with E-state index in [4.69, 9.17) is 14.7 Å². The Morgan fingerprint density at radius 1 is 1.50 bits per heavy atom. The van der Waals surface area contributed by atoms with E-state index in [0.717, 1.165) is 0 Å². The number of nitrogens with zero attached hydrogens (tertiary/aromatic N) is 2. The van der Waals surface area contributed by atoms with Crippen LogP contribution in [-0.4, -0.2) is 42.0 Å². The first-order chi connectivity index (χ1) is 9.35. The maximum Gasteiger partial charge on any atom is 0.231 e. The first-order valence-electron chi connectivity index (χ1n) is 6.35. The summed E-state index contributed by atoms with van der Waals surface area (Å²) in [5.74, 6) is 0.687. The second kappa shape index (κ2) is 7.08. The van der Waals surface area contributed by atoms with Crippen LogP contribution in [0, 0.1) is 11.3 Å². The van der Waals surface area contributed by atoms with Crippen molar-refractivity contribution in [1.29, 1.82) is 5.26 Å². The van der Waals surface area contributed by atoms with Crippen LogP contribution in [0.2, 0.25) is 0 Å². The predicted octanol–water partition coefficient (Wildman–Crippen LogP) is 1.09. The standard InChI is InChI=1S/C14H21N3O3/c1-14(2,3)17-7-11(18)9-20-13-10(6-15)5-12(19-4)8-16-13/h5,8,11,17-18H,7,9H2,1-4H3/t11-/m0/s1. The third-order valence-electron chi connectivity index (χ3n) is 2.46. The molecule has 0 aliphatic rings. The number of aromatic nitrogens is 1. The smallest absolute Gasteiger partial charge is 0.231 e. The van der Waals surface area contributed by atoms with E-state index in [1.165, 1.54) is 13.3 Å². The average Bonchev–Trinajstić information content (AvgIpc) is 2.41. The Bertz CT molecular complexity index is 478. The van der Waals surface area contributed by atoms with Gasteiger partial charge in [0.1, 0.15) is 30.1 Å². The highest BCUT2D eigenvalue weighted by molar-refractivity contribution is 5.42. The fourth-order valence-electron chi connectivity index (χ4n) is 1.40. The number of hydrogen-bond donors (Lipinski definition) is 2. The molecule has 0 aromatic carbocycles. The fourth-order valence-corrected chi connectivity index (χ4v) is 1.40. The number of hydrogen-bond acceptors (Lipinski definition) is 6. The topological polar surface area (TPSA) is 87.4 Å². The molecule has 6 heteroatoms. The van der Waals surface area contributed by atoms with Crippen LogP contribution >= 0.6 is 0 Å². The highest BCUT2D eigenvalue weighted by atomic mass is 16.5. The van der Waals surface area contributed by atoms with Gasteiger partial charge in [0.15, 0.2) is 0 Å². The second-order valence-corrected chi connectivity index (χ2v) is 5.44. The van der Waals surface area contributed by atoms with Crippen molar-refractivity contribution in [2.24, 2.45) is 0 Å². The van der Waals surface area contributed by atoms with Crippen molar-refractivity contribution in [3.8, 4) is 17.7 Å². The van der Waals surface area contributed by atoms with E-state index in [9.17, 15) is 5.11 Å². The molecule has 1 aromatic heterocycles. The zero-order valence-electron chi connectivity index (χ0n) is 12.3. The highest BCUT2D eigenvalue weighted by Crippen LogP contribution is 2.19. The van der Waals surface area contributed by atoms with Gasteiger partial charge in [-0.15, -0.1) is 0 Å². The summed E-state index contributed by atoms with van der Waals surface area (Å²) < 4.78 is 10.4. The number of pyridine rings is 1. The Balaban J connectivity index is 2.55. The molecule has 1 aromatic rings. The molecule has 1 atom stereocenters. The van der Waals surface area contributed by atoms with Gasteiger partial charge < -0.3 is 19.9 Å².